The van der Waals surface area contributed by atoms with Crippen molar-refractivity contribution in [1.29, 1.82) is 0 Å². The topological polar surface area (TPSA) is 95.5 Å². The summed E-state index contributed by atoms with van der Waals surface area (Å²) in [4.78, 5) is 11.5. The summed E-state index contributed by atoms with van der Waals surface area (Å²) in [5.74, 6) is 0.511. The van der Waals surface area contributed by atoms with Crippen LogP contribution < -0.4 is 10.6 Å². The molecule has 1 aromatic rings. The number of amides is 2. The van der Waals surface area contributed by atoms with E-state index >= 15 is 0 Å². The van der Waals surface area contributed by atoms with Gasteiger partial charge < -0.3 is 10.6 Å². The van der Waals surface area contributed by atoms with Gasteiger partial charge >= 0.3 is 6.03 Å². The van der Waals surface area contributed by atoms with E-state index in [9.17, 15) is 13.2 Å². The molecule has 1 fully saturated rings. The fraction of sp³-hybridized carbons (Fsp3) is 0.400. The maximum atomic E-state index is 11.7. The zero-order valence-electron chi connectivity index (χ0n) is 12.2. The van der Waals surface area contributed by atoms with Gasteiger partial charge in [0.15, 0.2) is 0 Å². The first-order chi connectivity index (χ1) is 10.4. The third-order valence-corrected chi connectivity index (χ3v) is 4.47. The van der Waals surface area contributed by atoms with E-state index < -0.39 is 16.1 Å². The molecule has 1 aromatic carbocycles. The fourth-order valence-corrected chi connectivity index (χ4v) is 3.01. The van der Waals surface area contributed by atoms with Gasteiger partial charge in [-0.15, -0.1) is 0 Å². The van der Waals surface area contributed by atoms with Crippen molar-refractivity contribution in [1.82, 2.24) is 5.32 Å². The molecule has 22 heavy (non-hydrogen) atoms. The van der Waals surface area contributed by atoms with E-state index in [1.807, 2.05) is 6.08 Å². The third-order valence-electron chi connectivity index (χ3n) is 3.62. The second kappa shape index (κ2) is 7.42. The molecule has 2 amide bonds. The Morgan fingerprint density at radius 3 is 2.64 bits per heavy atom. The number of allylic oxidation sites excluding steroid dienone is 1. The predicted molar refractivity (Wildman–Crippen MR) is 84.1 cm³/mol. The van der Waals surface area contributed by atoms with Crippen LogP contribution in [0.5, 0.6) is 0 Å². The van der Waals surface area contributed by atoms with E-state index in [1.54, 1.807) is 12.3 Å². The minimum atomic E-state index is -4.28. The van der Waals surface area contributed by atoms with Crippen LogP contribution in [-0.4, -0.2) is 19.0 Å². The number of carbonyl (C=O) groups excluding carboxylic acids is 1. The van der Waals surface area contributed by atoms with Crippen LogP contribution in [0, 0.1) is 5.92 Å². The summed E-state index contributed by atoms with van der Waals surface area (Å²) in [6, 6.07) is 4.97. The van der Waals surface area contributed by atoms with E-state index in [0.29, 0.717) is 11.6 Å². The zero-order valence-corrected chi connectivity index (χ0v) is 13.0. The van der Waals surface area contributed by atoms with Crippen molar-refractivity contribution < 1.29 is 17.8 Å². The number of carbonyl (C=O) groups is 1. The molecule has 0 heterocycles. The maximum Gasteiger partial charge on any atom is 0.323 e. The van der Waals surface area contributed by atoms with Crippen molar-refractivity contribution in [2.75, 3.05) is 5.32 Å². The van der Waals surface area contributed by atoms with Crippen LogP contribution in [-0.2, 0) is 10.1 Å². The summed E-state index contributed by atoms with van der Waals surface area (Å²) in [6.45, 7) is 0. The molecular formula is C15H20N2O4S. The van der Waals surface area contributed by atoms with Crippen molar-refractivity contribution in [3.63, 3.8) is 0 Å². The van der Waals surface area contributed by atoms with E-state index in [0.717, 1.165) is 12.8 Å². The van der Waals surface area contributed by atoms with Gasteiger partial charge in [0, 0.05) is 11.9 Å². The van der Waals surface area contributed by atoms with Gasteiger partial charge in [-0.2, -0.15) is 8.42 Å². The fourth-order valence-electron chi connectivity index (χ4n) is 2.49. The van der Waals surface area contributed by atoms with Crippen LogP contribution in [0.3, 0.4) is 0 Å². The minimum Gasteiger partial charge on any atom is -0.315 e. The van der Waals surface area contributed by atoms with E-state index in [-0.39, 0.29) is 4.90 Å². The standard InChI is InChI=1S/C15H20N2O4S/c18-15(16-10-9-12-5-2-1-3-6-12)17-13-7-4-8-14(11-13)22(19,20)21/h4,7-12H,1-3,5-6H2,(H2,16,17,18)(H,19,20,21)/b10-9+. The Balaban J connectivity index is 1.88. The average molecular weight is 324 g/mol. The van der Waals surface area contributed by atoms with Crippen LogP contribution in [0.15, 0.2) is 41.4 Å². The van der Waals surface area contributed by atoms with Crippen molar-refractivity contribution in [3.8, 4) is 0 Å². The maximum absolute atomic E-state index is 11.7. The molecule has 3 N–H and O–H groups in total. The highest BCUT2D eigenvalue weighted by atomic mass is 32.2. The number of hydrogen-bond acceptors (Lipinski definition) is 3. The molecular weight excluding hydrogens is 304 g/mol. The molecule has 2 rings (SSSR count). The van der Waals surface area contributed by atoms with Crippen LogP contribution in [0.4, 0.5) is 10.5 Å². The molecule has 0 spiro atoms. The number of nitrogens with one attached hydrogen (secondary N) is 2. The van der Waals surface area contributed by atoms with Gasteiger partial charge in [-0.1, -0.05) is 31.4 Å². The SMILES string of the molecule is O=C(N/C=C/C1CCCCC1)Nc1cccc(S(=O)(=O)O)c1. The van der Waals surface area contributed by atoms with Crippen molar-refractivity contribution >= 4 is 21.8 Å². The lowest BCUT2D eigenvalue weighted by atomic mass is 9.89. The van der Waals surface area contributed by atoms with Gasteiger partial charge in [0.05, 0.1) is 4.90 Å². The Kier molecular flexibility index (Phi) is 5.57. The van der Waals surface area contributed by atoms with Gasteiger partial charge in [-0.3, -0.25) is 4.55 Å². The largest absolute Gasteiger partial charge is 0.323 e. The first-order valence-corrected chi connectivity index (χ1v) is 8.71. The van der Waals surface area contributed by atoms with Crippen LogP contribution in [0.1, 0.15) is 32.1 Å². The van der Waals surface area contributed by atoms with Crippen LogP contribution in [0.2, 0.25) is 0 Å². The molecule has 1 aliphatic rings. The third kappa shape index (κ3) is 5.16. The molecule has 0 saturated heterocycles. The van der Waals surface area contributed by atoms with E-state index in [1.165, 1.54) is 37.5 Å². The molecule has 0 aliphatic heterocycles. The number of anilines is 1. The number of urea groups is 1. The smallest absolute Gasteiger partial charge is 0.315 e. The lowest BCUT2D eigenvalue weighted by Crippen LogP contribution is -2.24. The number of benzene rings is 1. The number of hydrogen-bond donors (Lipinski definition) is 3. The summed E-state index contributed by atoms with van der Waals surface area (Å²) in [5.41, 5.74) is 0.290. The summed E-state index contributed by atoms with van der Waals surface area (Å²) < 4.78 is 31.0. The van der Waals surface area contributed by atoms with Crippen molar-refractivity contribution in [3.05, 3.63) is 36.5 Å². The monoisotopic (exact) mass is 324 g/mol. The van der Waals surface area contributed by atoms with Gasteiger partial charge in [0.1, 0.15) is 0 Å². The lowest BCUT2D eigenvalue weighted by molar-refractivity contribution is 0.255. The van der Waals surface area contributed by atoms with Crippen molar-refractivity contribution in [2.24, 2.45) is 5.92 Å². The van der Waals surface area contributed by atoms with Gasteiger partial charge in [-0.25, -0.2) is 4.79 Å². The van der Waals surface area contributed by atoms with Gasteiger partial charge in [0.25, 0.3) is 10.1 Å². The Labute approximate surface area is 130 Å². The molecule has 1 saturated carbocycles. The summed E-state index contributed by atoms with van der Waals surface area (Å²) in [7, 11) is -4.28. The summed E-state index contributed by atoms with van der Waals surface area (Å²) in [5, 5.41) is 5.11. The average Bonchev–Trinajstić information content (AvgIpc) is 2.48. The van der Waals surface area contributed by atoms with Crippen LogP contribution in [0.25, 0.3) is 0 Å². The predicted octanol–water partition coefficient (Wildman–Crippen LogP) is 3.15. The Morgan fingerprint density at radius 2 is 1.95 bits per heavy atom. The van der Waals surface area contributed by atoms with Crippen LogP contribution >= 0.6 is 0 Å². The molecule has 0 radical (unpaired) electrons. The van der Waals surface area contributed by atoms with E-state index in [4.69, 9.17) is 4.55 Å². The lowest BCUT2D eigenvalue weighted by Gasteiger charge is -2.17. The first kappa shape index (κ1) is 16.5. The second-order valence-corrected chi connectivity index (χ2v) is 6.78. The van der Waals surface area contributed by atoms with Gasteiger partial charge in [-0.05, 0) is 37.0 Å². The van der Waals surface area contributed by atoms with Crippen molar-refractivity contribution in [2.45, 2.75) is 37.0 Å². The Hall–Kier alpha value is -1.86. The highest BCUT2D eigenvalue weighted by Gasteiger charge is 2.11. The summed E-state index contributed by atoms with van der Waals surface area (Å²) >= 11 is 0. The zero-order chi connectivity index (χ0) is 16.0. The molecule has 6 nitrogen and oxygen atoms in total. The quantitative estimate of drug-likeness (QED) is 0.741. The minimum absolute atomic E-state index is 0.261. The second-order valence-electron chi connectivity index (χ2n) is 5.36. The van der Waals surface area contributed by atoms with Gasteiger partial charge in [0.2, 0.25) is 0 Å². The highest BCUT2D eigenvalue weighted by Crippen LogP contribution is 2.24. The molecule has 7 heteroatoms. The highest BCUT2D eigenvalue weighted by molar-refractivity contribution is 7.85. The molecule has 120 valence electrons. The molecule has 0 unspecified atom stereocenters. The van der Waals surface area contributed by atoms with E-state index in [2.05, 4.69) is 10.6 Å². The molecule has 0 bridgehead atoms. The Morgan fingerprint density at radius 1 is 1.23 bits per heavy atom. The Bertz CT molecular complexity index is 649. The molecule has 0 atom stereocenters. The first-order valence-electron chi connectivity index (χ1n) is 7.27. The normalized spacial score (nSPS) is 16.6. The molecule has 1 aliphatic carbocycles. The number of rotatable bonds is 4. The summed E-state index contributed by atoms with van der Waals surface area (Å²) in [6.07, 6.45) is 9.65. The molecule has 0 aromatic heterocycles.